The first-order valence-electron chi connectivity index (χ1n) is 2.53. The van der Waals surface area contributed by atoms with Gasteiger partial charge in [-0.3, -0.25) is 0 Å². The van der Waals surface area contributed by atoms with Crippen molar-refractivity contribution in [1.82, 2.24) is 0 Å². The zero-order chi connectivity index (χ0) is 7.61. The van der Waals surface area contributed by atoms with Crippen LogP contribution in [-0.2, 0) is 23.1 Å². The monoisotopic (exact) mass is 186 g/mol. The van der Waals surface area contributed by atoms with E-state index in [-0.39, 0.29) is 0 Å². The van der Waals surface area contributed by atoms with Gasteiger partial charge in [0.2, 0.25) is 0 Å². The molecule has 5 nitrogen and oxygen atoms in total. The summed E-state index contributed by atoms with van der Waals surface area (Å²) in [6, 6.07) is 0. The van der Waals surface area contributed by atoms with E-state index in [9.17, 15) is 8.42 Å². The molecular formula is C3H7O5PS. The van der Waals surface area contributed by atoms with Gasteiger partial charge in [-0.2, -0.15) is 12.4 Å². The van der Waals surface area contributed by atoms with Crippen LogP contribution in [-0.4, -0.2) is 27.9 Å². The van der Waals surface area contributed by atoms with Crippen molar-refractivity contribution in [2.45, 2.75) is 0 Å². The van der Waals surface area contributed by atoms with E-state index in [1.54, 1.807) is 0 Å². The van der Waals surface area contributed by atoms with E-state index in [1.807, 2.05) is 0 Å². The summed E-state index contributed by atoms with van der Waals surface area (Å²) in [5.41, 5.74) is 0. The molecule has 1 saturated heterocycles. The van der Waals surface area contributed by atoms with E-state index < -0.39 is 18.7 Å². The largest absolute Gasteiger partial charge is 0.348 e. The van der Waals surface area contributed by atoms with Gasteiger partial charge in [0, 0.05) is 0 Å². The molecule has 0 aromatic carbocycles. The Labute approximate surface area is 60.4 Å². The van der Waals surface area contributed by atoms with Crippen LogP contribution in [0.4, 0.5) is 0 Å². The molecule has 0 atom stereocenters. The summed E-state index contributed by atoms with van der Waals surface area (Å²) in [5.74, 6) is 0. The molecule has 1 fully saturated rings. The molecule has 0 aliphatic carbocycles. The molecule has 1 heterocycles. The predicted molar refractivity (Wildman–Crippen MR) is 34.8 cm³/mol. The van der Waals surface area contributed by atoms with Gasteiger partial charge in [0.15, 0.2) is 0 Å². The van der Waals surface area contributed by atoms with Crippen molar-refractivity contribution >= 4 is 18.7 Å². The fourth-order valence-corrected chi connectivity index (χ4v) is 2.16. The summed E-state index contributed by atoms with van der Waals surface area (Å²) in [7, 11) is -5.05. The van der Waals surface area contributed by atoms with Crippen LogP contribution >= 0.6 is 8.60 Å². The molecule has 0 saturated carbocycles. The quantitative estimate of drug-likeness (QED) is 0.578. The SMILES string of the molecule is CS(=O)(=O)OP1OCCO1. The lowest BCUT2D eigenvalue weighted by Gasteiger charge is -2.03. The number of hydrogen-bond donors (Lipinski definition) is 0. The predicted octanol–water partition coefficient (Wildman–Crippen LogP) is 0.236. The highest BCUT2D eigenvalue weighted by Crippen LogP contribution is 2.44. The fraction of sp³-hybridized carbons (Fsp3) is 1.00. The van der Waals surface area contributed by atoms with Crippen molar-refractivity contribution in [3.63, 3.8) is 0 Å². The van der Waals surface area contributed by atoms with Crippen molar-refractivity contribution in [1.29, 1.82) is 0 Å². The van der Waals surface area contributed by atoms with Crippen LogP contribution in [0, 0.1) is 0 Å². The third-order valence-corrected chi connectivity index (χ3v) is 3.03. The maximum absolute atomic E-state index is 10.4. The van der Waals surface area contributed by atoms with Gasteiger partial charge < -0.3 is 9.05 Å². The van der Waals surface area contributed by atoms with Crippen molar-refractivity contribution < 1.29 is 21.4 Å². The highest BCUT2D eigenvalue weighted by atomic mass is 32.2. The Morgan fingerprint density at radius 3 is 2.30 bits per heavy atom. The van der Waals surface area contributed by atoms with Crippen molar-refractivity contribution in [2.24, 2.45) is 0 Å². The summed E-state index contributed by atoms with van der Waals surface area (Å²) in [6.45, 7) is 0.808. The zero-order valence-electron chi connectivity index (χ0n) is 5.31. The van der Waals surface area contributed by atoms with Crippen LogP contribution < -0.4 is 0 Å². The summed E-state index contributed by atoms with van der Waals surface area (Å²) in [5, 5.41) is 0. The van der Waals surface area contributed by atoms with Gasteiger partial charge in [0.05, 0.1) is 19.5 Å². The molecule has 0 amide bonds. The molecule has 0 radical (unpaired) electrons. The first-order valence-corrected chi connectivity index (χ1v) is 5.45. The van der Waals surface area contributed by atoms with Gasteiger partial charge in [-0.05, 0) is 0 Å². The van der Waals surface area contributed by atoms with Gasteiger partial charge in [-0.25, -0.2) is 0 Å². The van der Waals surface area contributed by atoms with Gasteiger partial charge in [0.25, 0.3) is 10.1 Å². The molecule has 1 aliphatic rings. The Hall–Kier alpha value is 0.260. The van der Waals surface area contributed by atoms with Gasteiger partial charge in [-0.1, -0.05) is 0 Å². The van der Waals surface area contributed by atoms with Crippen LogP contribution in [0.15, 0.2) is 0 Å². The standard InChI is InChI=1S/C3H7O5PS/c1-10(4,5)8-9-6-2-3-7-9/h2-3H2,1H3. The average molecular weight is 186 g/mol. The number of hydrogen-bond acceptors (Lipinski definition) is 5. The molecule has 0 bridgehead atoms. The van der Waals surface area contributed by atoms with E-state index in [1.165, 1.54) is 0 Å². The molecule has 0 unspecified atom stereocenters. The highest BCUT2D eigenvalue weighted by Gasteiger charge is 2.23. The summed E-state index contributed by atoms with van der Waals surface area (Å²) < 4.78 is 34.8. The minimum atomic E-state index is -3.43. The molecule has 60 valence electrons. The fourth-order valence-electron chi connectivity index (χ4n) is 0.414. The van der Waals surface area contributed by atoms with Crippen LogP contribution in [0.25, 0.3) is 0 Å². The third kappa shape index (κ3) is 2.90. The van der Waals surface area contributed by atoms with E-state index in [0.717, 1.165) is 6.26 Å². The Balaban J connectivity index is 2.38. The Kier molecular flexibility index (Phi) is 2.60. The topological polar surface area (TPSA) is 61.8 Å². The first-order chi connectivity index (χ1) is 4.58. The lowest BCUT2D eigenvalue weighted by atomic mass is 10.8. The van der Waals surface area contributed by atoms with E-state index >= 15 is 0 Å². The molecule has 1 aliphatic heterocycles. The minimum Gasteiger partial charge on any atom is -0.309 e. The molecule has 7 heteroatoms. The summed E-state index contributed by atoms with van der Waals surface area (Å²) >= 11 is 0. The highest BCUT2D eigenvalue weighted by molar-refractivity contribution is 7.89. The molecule has 0 aromatic heterocycles. The molecule has 1 rings (SSSR count). The van der Waals surface area contributed by atoms with Crippen LogP contribution in [0.5, 0.6) is 0 Å². The van der Waals surface area contributed by atoms with E-state index in [2.05, 4.69) is 3.97 Å². The van der Waals surface area contributed by atoms with Crippen molar-refractivity contribution in [2.75, 3.05) is 19.5 Å². The van der Waals surface area contributed by atoms with Gasteiger partial charge in [-0.15, -0.1) is 0 Å². The minimum absolute atomic E-state index is 0.404. The molecule has 10 heavy (non-hydrogen) atoms. The second-order valence-corrected chi connectivity index (χ2v) is 4.64. The summed E-state index contributed by atoms with van der Waals surface area (Å²) in [6.07, 6.45) is 0.959. The van der Waals surface area contributed by atoms with Gasteiger partial charge >= 0.3 is 8.60 Å². The normalized spacial score (nSPS) is 21.7. The Morgan fingerprint density at radius 2 is 1.90 bits per heavy atom. The summed E-state index contributed by atoms with van der Waals surface area (Å²) in [4.78, 5) is 0. The lowest BCUT2D eigenvalue weighted by Crippen LogP contribution is -1.97. The second kappa shape index (κ2) is 3.11. The van der Waals surface area contributed by atoms with Crippen LogP contribution in [0.1, 0.15) is 0 Å². The van der Waals surface area contributed by atoms with Crippen LogP contribution in [0.2, 0.25) is 0 Å². The van der Waals surface area contributed by atoms with Crippen LogP contribution in [0.3, 0.4) is 0 Å². The Bertz CT molecular complexity index is 193. The molecule has 0 N–H and O–H groups in total. The zero-order valence-corrected chi connectivity index (χ0v) is 7.02. The number of rotatable bonds is 2. The molecule has 0 aromatic rings. The maximum atomic E-state index is 10.4. The maximum Gasteiger partial charge on any atom is 0.348 e. The van der Waals surface area contributed by atoms with Gasteiger partial charge in [0.1, 0.15) is 0 Å². The van der Waals surface area contributed by atoms with Crippen molar-refractivity contribution in [3.8, 4) is 0 Å². The van der Waals surface area contributed by atoms with Crippen molar-refractivity contribution in [3.05, 3.63) is 0 Å². The molecular weight excluding hydrogens is 179 g/mol. The third-order valence-electron chi connectivity index (χ3n) is 0.673. The first kappa shape index (κ1) is 8.36. The lowest BCUT2D eigenvalue weighted by molar-refractivity contribution is 0.354. The average Bonchev–Trinajstić information content (AvgIpc) is 2.12. The smallest absolute Gasteiger partial charge is 0.309 e. The van der Waals surface area contributed by atoms with E-state index in [4.69, 9.17) is 9.05 Å². The van der Waals surface area contributed by atoms with E-state index in [0.29, 0.717) is 13.2 Å². The molecule has 0 spiro atoms. The second-order valence-electron chi connectivity index (χ2n) is 1.67. The Morgan fingerprint density at radius 1 is 1.40 bits per heavy atom.